The number of rotatable bonds is 5. The standard InChI is InChI=1S/C35H38Si/c1-2-24-36(25-14-4-3-5-15-25,34-30-20-10-6-16-26(30)27-17-7-11-21-31(27)34)35-32-22-12-8-18-28(32)29-19-9-13-23-33(29)35/h3-23,26-35H,2,24H2,1H3. The molecular weight excluding hydrogens is 448 g/mol. The van der Waals surface area contributed by atoms with Gasteiger partial charge >= 0.3 is 0 Å². The first kappa shape index (κ1) is 22.5. The van der Waals surface area contributed by atoms with Gasteiger partial charge in [0, 0.05) is 0 Å². The van der Waals surface area contributed by atoms with E-state index in [9.17, 15) is 0 Å². The van der Waals surface area contributed by atoms with Gasteiger partial charge in [0.1, 0.15) is 0 Å². The summed E-state index contributed by atoms with van der Waals surface area (Å²) in [6, 6.07) is 13.4. The minimum atomic E-state index is -2.08. The van der Waals surface area contributed by atoms with Crippen molar-refractivity contribution in [1.29, 1.82) is 0 Å². The van der Waals surface area contributed by atoms with Crippen LogP contribution in [-0.2, 0) is 0 Å². The van der Waals surface area contributed by atoms with Crippen molar-refractivity contribution in [2.24, 2.45) is 47.3 Å². The number of hydrogen-bond donors (Lipinski definition) is 0. The van der Waals surface area contributed by atoms with E-state index in [1.165, 1.54) is 12.5 Å². The molecule has 6 aliphatic rings. The van der Waals surface area contributed by atoms with E-state index in [2.05, 4.69) is 134 Å². The number of hydrogen-bond acceptors (Lipinski definition) is 0. The van der Waals surface area contributed by atoms with Gasteiger partial charge in [0.15, 0.2) is 0 Å². The lowest BCUT2D eigenvalue weighted by molar-refractivity contribution is 0.461. The van der Waals surface area contributed by atoms with Crippen LogP contribution in [0.1, 0.15) is 13.3 Å². The molecule has 1 heteroatoms. The van der Waals surface area contributed by atoms with Gasteiger partial charge in [0.25, 0.3) is 0 Å². The van der Waals surface area contributed by atoms with E-state index in [1.54, 1.807) is 5.19 Å². The summed E-state index contributed by atoms with van der Waals surface area (Å²) in [5, 5.41) is 1.72. The molecule has 0 heterocycles. The van der Waals surface area contributed by atoms with E-state index < -0.39 is 8.07 Å². The zero-order valence-electron chi connectivity index (χ0n) is 21.3. The van der Waals surface area contributed by atoms with Gasteiger partial charge in [-0.15, -0.1) is 0 Å². The van der Waals surface area contributed by atoms with Crippen molar-refractivity contribution >= 4 is 13.3 Å². The Bertz CT molecular complexity index is 1080. The molecule has 0 N–H and O–H groups in total. The minimum Gasteiger partial charge on any atom is -0.0808 e. The average molecular weight is 487 g/mol. The van der Waals surface area contributed by atoms with Crippen LogP contribution >= 0.6 is 0 Å². The highest BCUT2D eigenvalue weighted by Crippen LogP contribution is 2.67. The van der Waals surface area contributed by atoms with E-state index in [4.69, 9.17) is 0 Å². The molecule has 6 aliphatic carbocycles. The quantitative estimate of drug-likeness (QED) is 0.370. The monoisotopic (exact) mass is 486 g/mol. The number of allylic oxidation sites excluding steroid dienone is 16. The van der Waals surface area contributed by atoms with Crippen LogP contribution in [0.3, 0.4) is 0 Å². The van der Waals surface area contributed by atoms with Gasteiger partial charge < -0.3 is 0 Å². The van der Waals surface area contributed by atoms with Gasteiger partial charge in [-0.1, -0.05) is 152 Å². The summed E-state index contributed by atoms with van der Waals surface area (Å²) < 4.78 is 0. The predicted octanol–water partition coefficient (Wildman–Crippen LogP) is 7.95. The summed E-state index contributed by atoms with van der Waals surface area (Å²) in [6.45, 7) is 2.46. The van der Waals surface area contributed by atoms with Crippen LogP contribution in [0.5, 0.6) is 0 Å². The second-order valence-electron chi connectivity index (χ2n) is 11.9. The van der Waals surface area contributed by atoms with Crippen LogP contribution < -0.4 is 5.19 Å². The van der Waals surface area contributed by atoms with Crippen LogP contribution in [-0.4, -0.2) is 8.07 Å². The summed E-state index contributed by atoms with van der Waals surface area (Å²) >= 11 is 0. The number of fused-ring (bicyclic) bond motifs is 6. The van der Waals surface area contributed by atoms with Crippen molar-refractivity contribution in [2.75, 3.05) is 0 Å². The van der Waals surface area contributed by atoms with Gasteiger partial charge in [0.05, 0.1) is 8.07 Å². The van der Waals surface area contributed by atoms with Crippen LogP contribution in [0.15, 0.2) is 128 Å². The highest BCUT2D eigenvalue weighted by atomic mass is 28.3. The molecule has 2 fully saturated rings. The Morgan fingerprint density at radius 2 is 0.806 bits per heavy atom. The third kappa shape index (κ3) is 3.18. The first-order chi connectivity index (χ1) is 17.8. The molecule has 182 valence electrons. The lowest BCUT2D eigenvalue weighted by Gasteiger charge is -2.51. The fourth-order valence-electron chi connectivity index (χ4n) is 9.68. The highest BCUT2D eigenvalue weighted by molar-refractivity contribution is 6.94. The largest absolute Gasteiger partial charge is 0.0952 e. The Balaban J connectivity index is 1.48. The van der Waals surface area contributed by atoms with Crippen molar-refractivity contribution in [2.45, 2.75) is 30.5 Å². The predicted molar refractivity (Wildman–Crippen MR) is 155 cm³/mol. The molecule has 0 amide bonds. The molecule has 0 nitrogen and oxygen atoms in total. The van der Waals surface area contributed by atoms with Gasteiger partial charge in [0.2, 0.25) is 0 Å². The van der Waals surface area contributed by atoms with Crippen LogP contribution in [0.4, 0.5) is 0 Å². The fraction of sp³-hybridized carbons (Fsp3) is 0.371. The Hall–Kier alpha value is -2.64. The van der Waals surface area contributed by atoms with Crippen LogP contribution in [0.25, 0.3) is 0 Å². The van der Waals surface area contributed by atoms with Crippen molar-refractivity contribution in [1.82, 2.24) is 0 Å². The molecule has 8 unspecified atom stereocenters. The molecule has 2 saturated carbocycles. The van der Waals surface area contributed by atoms with Crippen molar-refractivity contribution < 1.29 is 0 Å². The molecular formula is C35H38Si. The summed E-state index contributed by atoms with van der Waals surface area (Å²) in [6.07, 6.45) is 40.7. The summed E-state index contributed by atoms with van der Waals surface area (Å²) in [4.78, 5) is 0. The van der Waals surface area contributed by atoms with Crippen LogP contribution in [0.2, 0.25) is 17.1 Å². The van der Waals surface area contributed by atoms with E-state index in [-0.39, 0.29) is 0 Å². The third-order valence-corrected chi connectivity index (χ3v) is 17.3. The molecule has 0 bridgehead atoms. The van der Waals surface area contributed by atoms with E-state index in [1.807, 2.05) is 0 Å². The van der Waals surface area contributed by atoms with Crippen molar-refractivity contribution in [3.63, 3.8) is 0 Å². The second kappa shape index (κ2) is 9.03. The maximum atomic E-state index is 2.62. The smallest absolute Gasteiger partial charge is 0.0808 e. The van der Waals surface area contributed by atoms with Gasteiger partial charge in [-0.25, -0.2) is 0 Å². The summed E-state index contributed by atoms with van der Waals surface area (Å²) in [5.41, 5.74) is 1.44. The molecule has 8 atom stereocenters. The lowest BCUT2D eigenvalue weighted by Crippen LogP contribution is -2.60. The summed E-state index contributed by atoms with van der Waals surface area (Å²) in [5.74, 6) is 5.09. The summed E-state index contributed by atoms with van der Waals surface area (Å²) in [7, 11) is -2.08. The van der Waals surface area contributed by atoms with Crippen molar-refractivity contribution in [3.8, 4) is 0 Å². The Kier molecular flexibility index (Phi) is 5.66. The van der Waals surface area contributed by atoms with E-state index >= 15 is 0 Å². The molecule has 7 rings (SSSR count). The zero-order chi connectivity index (χ0) is 24.1. The molecule has 36 heavy (non-hydrogen) atoms. The third-order valence-electron chi connectivity index (χ3n) is 10.6. The second-order valence-corrected chi connectivity index (χ2v) is 16.4. The topological polar surface area (TPSA) is 0 Å². The SMILES string of the molecule is CCC[Si](c1ccccc1)(C1C2C=CC=CC2C2C=CC=CC21)C1C2C=CC=CC2C2C=CC=CC21. The van der Waals surface area contributed by atoms with Gasteiger partial charge in [-0.2, -0.15) is 0 Å². The molecule has 0 radical (unpaired) electrons. The molecule has 0 spiro atoms. The average Bonchev–Trinajstić information content (AvgIpc) is 3.46. The fourth-order valence-corrected chi connectivity index (χ4v) is 17.6. The molecule has 0 aromatic heterocycles. The zero-order valence-corrected chi connectivity index (χ0v) is 22.3. The first-order valence-electron chi connectivity index (χ1n) is 14.3. The Labute approximate surface area is 218 Å². The highest BCUT2D eigenvalue weighted by Gasteiger charge is 2.65. The normalized spacial score (nSPS) is 42.1. The molecule has 1 aromatic rings. The lowest BCUT2D eigenvalue weighted by atomic mass is 9.83. The van der Waals surface area contributed by atoms with E-state index in [0.29, 0.717) is 47.3 Å². The van der Waals surface area contributed by atoms with Gasteiger partial charge in [-0.3, -0.25) is 0 Å². The first-order valence-corrected chi connectivity index (χ1v) is 16.7. The Morgan fingerprint density at radius 1 is 0.472 bits per heavy atom. The van der Waals surface area contributed by atoms with Crippen molar-refractivity contribution in [3.05, 3.63) is 128 Å². The molecule has 0 saturated heterocycles. The maximum Gasteiger partial charge on any atom is 0.0952 e. The maximum absolute atomic E-state index is 2.62. The van der Waals surface area contributed by atoms with Crippen LogP contribution in [0, 0.1) is 47.3 Å². The number of benzene rings is 1. The molecule has 0 aliphatic heterocycles. The molecule has 1 aromatic carbocycles. The van der Waals surface area contributed by atoms with E-state index in [0.717, 1.165) is 11.1 Å². The van der Waals surface area contributed by atoms with Gasteiger partial charge in [-0.05, 0) is 58.4 Å². The Morgan fingerprint density at radius 3 is 1.14 bits per heavy atom. The minimum absolute atomic E-state index is 0.634.